The highest BCUT2D eigenvalue weighted by molar-refractivity contribution is 14.1. The van der Waals surface area contributed by atoms with Gasteiger partial charge in [-0.25, -0.2) is 0 Å². The lowest BCUT2D eigenvalue weighted by molar-refractivity contribution is -0.00791. The highest BCUT2D eigenvalue weighted by Gasteiger charge is 2.35. The van der Waals surface area contributed by atoms with E-state index in [0.717, 1.165) is 18.0 Å². The summed E-state index contributed by atoms with van der Waals surface area (Å²) < 4.78 is 8.74. The Morgan fingerprint density at radius 2 is 1.83 bits per heavy atom. The molecule has 3 saturated heterocycles. The molecule has 5 rings (SSSR count). The van der Waals surface area contributed by atoms with Gasteiger partial charge in [0.2, 0.25) is 0 Å². The van der Waals surface area contributed by atoms with Crippen molar-refractivity contribution in [2.75, 3.05) is 19.6 Å². The third-order valence-electron chi connectivity index (χ3n) is 5.06. The van der Waals surface area contributed by atoms with Crippen LogP contribution < -0.4 is 4.74 Å². The maximum atomic E-state index is 6.25. The molecule has 1 aromatic heterocycles. The van der Waals surface area contributed by atoms with Crippen LogP contribution in [0, 0.1) is 20.0 Å². The van der Waals surface area contributed by atoms with Gasteiger partial charge in [0.05, 0.1) is 11.9 Å². The van der Waals surface area contributed by atoms with Gasteiger partial charge in [-0.1, -0.05) is 0 Å². The molecule has 0 aliphatic carbocycles. The number of hydrogen-bond donors (Lipinski definition) is 0. The molecule has 1 atom stereocenters. The number of hydrogen-bond acceptors (Lipinski definition) is 3. The molecule has 3 fully saturated rings. The van der Waals surface area contributed by atoms with Gasteiger partial charge in [-0.15, -0.1) is 0 Å². The predicted molar refractivity (Wildman–Crippen MR) is 113 cm³/mol. The number of halogens is 2. The van der Waals surface area contributed by atoms with Gasteiger partial charge < -0.3 is 4.74 Å². The molecule has 0 N–H and O–H groups in total. The average molecular weight is 546 g/mol. The topological polar surface area (TPSA) is 25.4 Å². The minimum Gasteiger partial charge on any atom is -0.487 e. The Labute approximate surface area is 170 Å². The van der Waals surface area contributed by atoms with Gasteiger partial charge in [0, 0.05) is 19.2 Å². The molecular formula is C19H20I2N2O. The van der Waals surface area contributed by atoms with Gasteiger partial charge in [-0.05, 0) is 114 Å². The first kappa shape index (κ1) is 17.0. The van der Waals surface area contributed by atoms with E-state index in [1.807, 2.05) is 6.20 Å². The summed E-state index contributed by atoms with van der Waals surface area (Å²) in [6.45, 7) is 5.69. The molecule has 3 nitrogen and oxygen atoms in total. The van der Waals surface area contributed by atoms with Gasteiger partial charge in [0.25, 0.3) is 0 Å². The minimum absolute atomic E-state index is 0.333. The maximum absolute atomic E-state index is 6.25. The molecule has 0 radical (unpaired) electrons. The number of pyridine rings is 1. The quantitative estimate of drug-likeness (QED) is 0.521. The fourth-order valence-electron chi connectivity index (χ4n) is 3.76. The van der Waals surface area contributed by atoms with Crippen molar-refractivity contribution in [3.05, 3.63) is 43.2 Å². The Kier molecular flexibility index (Phi) is 5.02. The zero-order valence-electron chi connectivity index (χ0n) is 13.6. The Bertz CT molecular complexity index is 717. The standard InChI is InChI=1S/C19H20I2N2O/c1-12-8-15(20)19(16(21)9-12)17-3-2-14(10-22-17)24-18-11-23-6-4-13(18)5-7-23/h2-3,8-10,13,18H,4-7,11H2,1H3/t18-/m0/s1. The number of aromatic nitrogens is 1. The number of fused-ring (bicyclic) bond motifs is 3. The van der Waals surface area contributed by atoms with Crippen molar-refractivity contribution >= 4 is 45.2 Å². The Balaban J connectivity index is 1.53. The number of aryl methyl sites for hydroxylation is 1. The SMILES string of the molecule is Cc1cc(I)c(-c2ccc(O[C@H]3CN4CCC3CC4)cn2)c(I)c1. The molecular weight excluding hydrogens is 526 g/mol. The fourth-order valence-corrected chi connectivity index (χ4v) is 6.39. The van der Waals surface area contributed by atoms with Crippen molar-refractivity contribution in [1.29, 1.82) is 0 Å². The Morgan fingerprint density at radius 3 is 2.38 bits per heavy atom. The van der Waals surface area contributed by atoms with E-state index in [2.05, 4.69) is 86.3 Å². The second-order valence-electron chi connectivity index (χ2n) is 6.78. The molecule has 1 aromatic carbocycles. The summed E-state index contributed by atoms with van der Waals surface area (Å²) in [7, 11) is 0. The smallest absolute Gasteiger partial charge is 0.138 e. The van der Waals surface area contributed by atoms with E-state index >= 15 is 0 Å². The molecule has 126 valence electrons. The van der Waals surface area contributed by atoms with Crippen molar-refractivity contribution in [2.24, 2.45) is 5.92 Å². The predicted octanol–water partition coefficient (Wildman–Crippen LogP) is 4.74. The van der Waals surface area contributed by atoms with Gasteiger partial charge in [-0.2, -0.15) is 0 Å². The van der Waals surface area contributed by atoms with Gasteiger partial charge >= 0.3 is 0 Å². The highest BCUT2D eigenvalue weighted by Crippen LogP contribution is 2.33. The van der Waals surface area contributed by atoms with E-state index in [1.54, 1.807) is 0 Å². The molecule has 0 amide bonds. The second kappa shape index (κ2) is 7.07. The zero-order valence-corrected chi connectivity index (χ0v) is 18.0. The van der Waals surface area contributed by atoms with Crippen LogP contribution in [0.2, 0.25) is 0 Å². The molecule has 5 heteroatoms. The zero-order chi connectivity index (χ0) is 16.7. The van der Waals surface area contributed by atoms with E-state index in [0.29, 0.717) is 12.0 Å². The van der Waals surface area contributed by atoms with Crippen LogP contribution in [-0.2, 0) is 0 Å². The number of nitrogens with zero attached hydrogens (tertiary/aromatic N) is 2. The molecule has 0 spiro atoms. The fraction of sp³-hybridized carbons (Fsp3) is 0.421. The van der Waals surface area contributed by atoms with Gasteiger partial charge in [0.1, 0.15) is 11.9 Å². The van der Waals surface area contributed by atoms with E-state index < -0.39 is 0 Å². The summed E-state index contributed by atoms with van der Waals surface area (Å²) in [5.41, 5.74) is 3.52. The monoisotopic (exact) mass is 546 g/mol. The minimum atomic E-state index is 0.333. The molecule has 0 unspecified atom stereocenters. The number of piperidine rings is 3. The molecule has 4 heterocycles. The lowest BCUT2D eigenvalue weighted by Gasteiger charge is -2.44. The van der Waals surface area contributed by atoms with Crippen molar-refractivity contribution < 1.29 is 4.74 Å². The van der Waals surface area contributed by atoms with Crippen LogP contribution >= 0.6 is 45.2 Å². The number of rotatable bonds is 3. The van der Waals surface area contributed by atoms with Crippen LogP contribution in [0.5, 0.6) is 5.75 Å². The van der Waals surface area contributed by atoms with Crippen LogP contribution in [0.25, 0.3) is 11.3 Å². The van der Waals surface area contributed by atoms with E-state index in [9.17, 15) is 0 Å². The number of benzene rings is 1. The highest BCUT2D eigenvalue weighted by atomic mass is 127. The van der Waals surface area contributed by atoms with Crippen LogP contribution in [-0.4, -0.2) is 35.6 Å². The summed E-state index contributed by atoms with van der Waals surface area (Å²) in [5, 5.41) is 0. The van der Waals surface area contributed by atoms with Gasteiger partial charge in [-0.3, -0.25) is 9.88 Å². The first-order chi connectivity index (χ1) is 11.6. The van der Waals surface area contributed by atoms with Crippen molar-refractivity contribution in [2.45, 2.75) is 25.9 Å². The lowest BCUT2D eigenvalue weighted by Crippen LogP contribution is -2.52. The maximum Gasteiger partial charge on any atom is 0.138 e. The van der Waals surface area contributed by atoms with Crippen molar-refractivity contribution in [3.8, 4) is 17.0 Å². The molecule has 0 saturated carbocycles. The number of ether oxygens (including phenoxy) is 1. The summed E-state index contributed by atoms with van der Waals surface area (Å²) in [6, 6.07) is 8.58. The summed E-state index contributed by atoms with van der Waals surface area (Å²) in [4.78, 5) is 7.20. The van der Waals surface area contributed by atoms with Crippen LogP contribution in [0.4, 0.5) is 0 Å². The Morgan fingerprint density at radius 1 is 1.12 bits per heavy atom. The third-order valence-corrected chi connectivity index (χ3v) is 6.76. The molecule has 3 aliphatic heterocycles. The van der Waals surface area contributed by atoms with Crippen molar-refractivity contribution in [1.82, 2.24) is 9.88 Å². The summed E-state index contributed by atoms with van der Waals surface area (Å²) in [5.74, 6) is 1.61. The average Bonchev–Trinajstić information content (AvgIpc) is 2.57. The molecule has 3 aliphatic rings. The molecule has 2 aromatic rings. The third kappa shape index (κ3) is 3.44. The van der Waals surface area contributed by atoms with E-state index in [-0.39, 0.29) is 0 Å². The summed E-state index contributed by atoms with van der Waals surface area (Å²) in [6.07, 6.45) is 4.77. The Hall–Kier alpha value is -0.410. The second-order valence-corrected chi connectivity index (χ2v) is 9.10. The lowest BCUT2D eigenvalue weighted by atomic mass is 9.86. The normalized spacial score (nSPS) is 25.7. The van der Waals surface area contributed by atoms with Crippen LogP contribution in [0.15, 0.2) is 30.5 Å². The first-order valence-corrected chi connectivity index (χ1v) is 10.6. The van der Waals surface area contributed by atoms with Gasteiger partial charge in [0.15, 0.2) is 0 Å². The van der Waals surface area contributed by atoms with E-state index in [1.165, 1.54) is 44.2 Å². The molecule has 24 heavy (non-hydrogen) atoms. The van der Waals surface area contributed by atoms with Crippen molar-refractivity contribution in [3.63, 3.8) is 0 Å². The first-order valence-electron chi connectivity index (χ1n) is 8.41. The van der Waals surface area contributed by atoms with Crippen LogP contribution in [0.3, 0.4) is 0 Å². The van der Waals surface area contributed by atoms with Crippen LogP contribution in [0.1, 0.15) is 18.4 Å². The van der Waals surface area contributed by atoms with E-state index in [4.69, 9.17) is 4.74 Å². The molecule has 2 bridgehead atoms. The largest absolute Gasteiger partial charge is 0.487 e. The summed E-state index contributed by atoms with van der Waals surface area (Å²) >= 11 is 4.80.